The van der Waals surface area contributed by atoms with E-state index in [2.05, 4.69) is 54.5 Å². The number of aliphatic imine (C=N–C) groups is 1. The maximum atomic E-state index is 11.3. The van der Waals surface area contributed by atoms with Crippen LogP contribution in [0.1, 0.15) is 11.1 Å². The topological polar surface area (TPSA) is 41.5 Å². The molecule has 1 aliphatic rings. The number of rotatable bonds is 2. The average molecular weight is 343 g/mol. The summed E-state index contributed by atoms with van der Waals surface area (Å²) in [6.45, 7) is 4.21. The number of aryl methyl sites for hydroxylation is 1. The molecule has 2 aromatic rings. The summed E-state index contributed by atoms with van der Waals surface area (Å²) >= 11 is 0.141. The molecule has 21 heavy (non-hydrogen) atoms. The second kappa shape index (κ2) is 5.84. The summed E-state index contributed by atoms with van der Waals surface area (Å²) < 4.78 is 0.831. The van der Waals surface area contributed by atoms with E-state index in [1.165, 1.54) is 16.7 Å². The molecule has 0 radical (unpaired) electrons. The Kier molecular flexibility index (Phi) is 3.91. The van der Waals surface area contributed by atoms with Gasteiger partial charge in [0.05, 0.1) is 0 Å². The summed E-state index contributed by atoms with van der Waals surface area (Å²) in [6, 6.07) is 14.5. The molecule has 0 unspecified atom stereocenters. The van der Waals surface area contributed by atoms with Gasteiger partial charge in [-0.25, -0.2) is 0 Å². The fourth-order valence-electron chi connectivity index (χ4n) is 2.41. The van der Waals surface area contributed by atoms with Crippen LogP contribution in [0.5, 0.6) is 0 Å². The summed E-state index contributed by atoms with van der Waals surface area (Å²) in [4.78, 5) is 15.9. The van der Waals surface area contributed by atoms with E-state index in [1.807, 2.05) is 12.1 Å². The van der Waals surface area contributed by atoms with Gasteiger partial charge in [0.2, 0.25) is 0 Å². The van der Waals surface area contributed by atoms with Crippen LogP contribution in [0.4, 0.5) is 5.69 Å². The third kappa shape index (κ3) is 2.92. The number of benzene rings is 2. The van der Waals surface area contributed by atoms with Gasteiger partial charge in [0.15, 0.2) is 0 Å². The van der Waals surface area contributed by atoms with E-state index in [9.17, 15) is 4.79 Å². The second-order valence-corrected chi connectivity index (χ2v) is 7.04. The Morgan fingerprint density at radius 1 is 1.05 bits per heavy atom. The fraction of sp³-hybridized carbons (Fsp3) is 0.176. The van der Waals surface area contributed by atoms with E-state index in [4.69, 9.17) is 0 Å². The van der Waals surface area contributed by atoms with Crippen molar-refractivity contribution in [3.8, 4) is 11.1 Å². The van der Waals surface area contributed by atoms with Crippen molar-refractivity contribution in [1.82, 2.24) is 5.32 Å². The number of nitrogens with one attached hydrogen (secondary N) is 1. The maximum absolute atomic E-state index is 11.3. The van der Waals surface area contributed by atoms with Crippen LogP contribution in [0.3, 0.4) is 0 Å². The van der Waals surface area contributed by atoms with E-state index >= 15 is 0 Å². The van der Waals surface area contributed by atoms with Crippen molar-refractivity contribution in [2.75, 3.05) is 0 Å². The Morgan fingerprint density at radius 3 is 2.52 bits per heavy atom. The number of hydrogen-bond acceptors (Lipinski definition) is 2. The second-order valence-electron chi connectivity index (χ2n) is 5.02. The zero-order chi connectivity index (χ0) is 14.8. The zero-order valence-electron chi connectivity index (χ0n) is 12.0. The quantitative estimate of drug-likeness (QED) is 0.836. The van der Waals surface area contributed by atoms with Crippen LogP contribution in [0.25, 0.3) is 11.1 Å². The molecule has 1 saturated heterocycles. The first-order valence-electron chi connectivity index (χ1n) is 6.82. The first-order valence-corrected chi connectivity index (χ1v) is 8.89. The average Bonchev–Trinajstić information content (AvgIpc) is 2.88. The summed E-state index contributed by atoms with van der Waals surface area (Å²) in [5, 5.41) is 3.44. The molecule has 3 nitrogen and oxygen atoms in total. The molecular weight excluding hydrogens is 327 g/mol. The number of carbonyl (C=O) groups excluding carboxylic acids is 1. The van der Waals surface area contributed by atoms with Crippen molar-refractivity contribution in [2.24, 2.45) is 4.99 Å². The molecule has 0 bridgehead atoms. The standard InChI is InChI=1S/C17H16N2OSe/c1-11-6-3-4-7-13(11)14-8-5-9-15(12(14)2)18-17-19-16(20)10-21-17/h3-9H,10H2,1-2H3,(H,18,19,20). The van der Waals surface area contributed by atoms with Crippen LogP contribution in [-0.2, 0) is 4.79 Å². The van der Waals surface area contributed by atoms with Gasteiger partial charge in [0, 0.05) is 0 Å². The van der Waals surface area contributed by atoms with Crippen LogP contribution >= 0.6 is 0 Å². The number of hydrogen-bond donors (Lipinski definition) is 1. The number of amidine groups is 1. The minimum absolute atomic E-state index is 0.0847. The molecule has 0 aromatic heterocycles. The van der Waals surface area contributed by atoms with Crippen molar-refractivity contribution in [2.45, 2.75) is 19.2 Å². The van der Waals surface area contributed by atoms with Crippen molar-refractivity contribution in [1.29, 1.82) is 0 Å². The van der Waals surface area contributed by atoms with Gasteiger partial charge in [-0.3, -0.25) is 0 Å². The van der Waals surface area contributed by atoms with E-state index in [0.717, 1.165) is 16.0 Å². The van der Waals surface area contributed by atoms with Crippen LogP contribution in [0, 0.1) is 13.8 Å². The molecule has 106 valence electrons. The Bertz CT molecular complexity index is 737. The Labute approximate surface area is 130 Å². The third-order valence-corrected chi connectivity index (χ3v) is 5.38. The van der Waals surface area contributed by atoms with Gasteiger partial charge in [-0.05, 0) is 0 Å². The van der Waals surface area contributed by atoms with Gasteiger partial charge >= 0.3 is 130 Å². The van der Waals surface area contributed by atoms with E-state index in [-0.39, 0.29) is 20.9 Å². The summed E-state index contributed by atoms with van der Waals surface area (Å²) in [6.07, 6.45) is 0. The van der Waals surface area contributed by atoms with E-state index < -0.39 is 0 Å². The van der Waals surface area contributed by atoms with Crippen LogP contribution in [0.2, 0.25) is 5.32 Å². The molecule has 0 aliphatic carbocycles. The monoisotopic (exact) mass is 344 g/mol. The molecule has 0 saturated carbocycles. The molecule has 1 fully saturated rings. The van der Waals surface area contributed by atoms with Gasteiger partial charge in [0.1, 0.15) is 0 Å². The molecule has 4 heteroatoms. The van der Waals surface area contributed by atoms with Crippen molar-refractivity contribution in [3.63, 3.8) is 0 Å². The molecule has 3 rings (SSSR count). The number of carbonyl (C=O) groups is 1. The minimum atomic E-state index is 0.0847. The molecule has 0 atom stereocenters. The molecule has 1 N–H and O–H groups in total. The van der Waals surface area contributed by atoms with Crippen molar-refractivity contribution in [3.05, 3.63) is 53.6 Å². The molecule has 0 spiro atoms. The fourth-order valence-corrected chi connectivity index (χ4v) is 3.85. The first kappa shape index (κ1) is 14.1. The molecule has 2 aromatic carbocycles. The normalized spacial score (nSPS) is 16.3. The summed E-state index contributed by atoms with van der Waals surface area (Å²) in [5.74, 6) is 0.0847. The molecule has 1 heterocycles. The van der Waals surface area contributed by atoms with E-state index in [1.54, 1.807) is 0 Å². The van der Waals surface area contributed by atoms with Gasteiger partial charge in [-0.1, -0.05) is 0 Å². The Morgan fingerprint density at radius 2 is 1.81 bits per heavy atom. The molecular formula is C17H16N2OSe. The van der Waals surface area contributed by atoms with E-state index in [0.29, 0.717) is 5.32 Å². The predicted molar refractivity (Wildman–Crippen MR) is 87.2 cm³/mol. The summed E-state index contributed by atoms with van der Waals surface area (Å²) in [5.41, 5.74) is 5.78. The number of nitrogens with zero attached hydrogens (tertiary/aromatic N) is 1. The Balaban J connectivity index is 2.04. The first-order chi connectivity index (χ1) is 10.1. The SMILES string of the molecule is Cc1ccccc1-c1cccc(N=C2NC(=O)C[Se]2)c1C. The summed E-state index contributed by atoms with van der Waals surface area (Å²) in [7, 11) is 0. The van der Waals surface area contributed by atoms with Crippen LogP contribution < -0.4 is 5.32 Å². The van der Waals surface area contributed by atoms with Gasteiger partial charge < -0.3 is 0 Å². The third-order valence-electron chi connectivity index (χ3n) is 3.55. The zero-order valence-corrected chi connectivity index (χ0v) is 13.7. The van der Waals surface area contributed by atoms with Crippen molar-refractivity contribution < 1.29 is 4.79 Å². The molecule has 1 amide bonds. The Hall–Kier alpha value is -1.90. The predicted octanol–water partition coefficient (Wildman–Crippen LogP) is 3.21. The molecule has 1 aliphatic heterocycles. The number of amides is 1. The van der Waals surface area contributed by atoms with Crippen molar-refractivity contribution >= 4 is 31.3 Å². The van der Waals surface area contributed by atoms with Gasteiger partial charge in [-0.15, -0.1) is 0 Å². The van der Waals surface area contributed by atoms with Gasteiger partial charge in [0.25, 0.3) is 0 Å². The van der Waals surface area contributed by atoms with Gasteiger partial charge in [-0.2, -0.15) is 0 Å². The van der Waals surface area contributed by atoms with Crippen LogP contribution in [0.15, 0.2) is 47.5 Å². The van der Waals surface area contributed by atoms with Crippen LogP contribution in [-0.4, -0.2) is 25.6 Å².